The summed E-state index contributed by atoms with van der Waals surface area (Å²) in [5.41, 5.74) is 3.62. The molecule has 2 N–H and O–H groups in total. The first-order chi connectivity index (χ1) is 12.6. The highest BCUT2D eigenvalue weighted by molar-refractivity contribution is 5.82. The Morgan fingerprint density at radius 2 is 0.900 bits per heavy atom. The highest BCUT2D eigenvalue weighted by Crippen LogP contribution is 2.56. The fourth-order valence-electron chi connectivity index (χ4n) is 1.18. The molecule has 0 aliphatic carbocycles. The van der Waals surface area contributed by atoms with Crippen molar-refractivity contribution in [2.75, 3.05) is 0 Å². The maximum atomic E-state index is 13.6. The molecule has 0 aromatic heterocycles. The SMILES string of the molecule is NC(=O)[C@](F)(OC(F)(F)[C@@](F)(OC(F)(F)C(F)(F)C(F)(F)F)C(F)(F)F)C(F)(F)F. The van der Waals surface area contributed by atoms with Crippen LogP contribution in [0.15, 0.2) is 0 Å². The van der Waals surface area contributed by atoms with Crippen molar-refractivity contribution < 1.29 is 88.9 Å². The fraction of sp³-hybridized carbons (Fsp3) is 0.889. The second-order valence-electron chi connectivity index (χ2n) is 4.86. The van der Waals surface area contributed by atoms with Gasteiger partial charge in [-0.05, 0) is 0 Å². The number of rotatable bonds is 7. The van der Waals surface area contributed by atoms with Gasteiger partial charge in [-0.2, -0.15) is 74.6 Å². The molecule has 180 valence electrons. The molecule has 2 atom stereocenters. The van der Waals surface area contributed by atoms with Crippen molar-refractivity contribution in [3.05, 3.63) is 0 Å². The molecule has 1 amide bonds. The Hall–Kier alpha value is -1.80. The van der Waals surface area contributed by atoms with Crippen LogP contribution in [0, 0.1) is 0 Å². The molecule has 0 saturated carbocycles. The number of nitrogens with two attached hydrogens (primary N) is 1. The van der Waals surface area contributed by atoms with E-state index < -0.39 is 54.3 Å². The van der Waals surface area contributed by atoms with Gasteiger partial charge in [-0.25, -0.2) is 0 Å². The number of carbonyl (C=O) groups is 1. The highest BCUT2D eigenvalue weighted by atomic mass is 19.4. The quantitative estimate of drug-likeness (QED) is 0.535. The second-order valence-corrected chi connectivity index (χ2v) is 4.86. The van der Waals surface area contributed by atoms with E-state index in [2.05, 4.69) is 5.73 Å². The third kappa shape index (κ3) is 4.44. The summed E-state index contributed by atoms with van der Waals surface area (Å²) in [5.74, 6) is -26.5. The van der Waals surface area contributed by atoms with Crippen molar-refractivity contribution in [2.45, 2.75) is 48.4 Å². The van der Waals surface area contributed by atoms with Gasteiger partial charge in [0, 0.05) is 0 Å². The Balaban J connectivity index is 6.63. The Morgan fingerprint density at radius 1 is 0.533 bits per heavy atom. The Bertz CT molecular complexity index is 650. The molecule has 0 rings (SSSR count). The molecule has 0 aromatic rings. The molecule has 0 unspecified atom stereocenters. The predicted octanol–water partition coefficient (Wildman–Crippen LogP) is 4.34. The van der Waals surface area contributed by atoms with Crippen molar-refractivity contribution in [3.8, 4) is 0 Å². The molecule has 4 nitrogen and oxygen atoms in total. The summed E-state index contributed by atoms with van der Waals surface area (Å²) >= 11 is 0. The number of amides is 1. The zero-order chi connectivity index (χ0) is 25.0. The lowest BCUT2D eigenvalue weighted by Gasteiger charge is -2.39. The van der Waals surface area contributed by atoms with Crippen LogP contribution in [-0.4, -0.2) is 54.3 Å². The average molecular weight is 495 g/mol. The van der Waals surface area contributed by atoms with Gasteiger partial charge in [0.25, 0.3) is 5.91 Å². The normalized spacial score (nSPS) is 19.2. The minimum atomic E-state index is -8.03. The summed E-state index contributed by atoms with van der Waals surface area (Å²) in [5, 5.41) is 0. The lowest BCUT2D eigenvalue weighted by atomic mass is 10.2. The summed E-state index contributed by atoms with van der Waals surface area (Å²) < 4.78 is 217. The van der Waals surface area contributed by atoms with Crippen molar-refractivity contribution in [3.63, 3.8) is 0 Å². The topological polar surface area (TPSA) is 61.6 Å². The van der Waals surface area contributed by atoms with Crippen LogP contribution in [-0.2, 0) is 14.3 Å². The lowest BCUT2D eigenvalue weighted by molar-refractivity contribution is -0.548. The van der Waals surface area contributed by atoms with Crippen LogP contribution >= 0.6 is 0 Å². The van der Waals surface area contributed by atoms with Gasteiger partial charge in [0.1, 0.15) is 0 Å². The Morgan fingerprint density at radius 3 is 1.13 bits per heavy atom. The Kier molecular flexibility index (Phi) is 6.70. The van der Waals surface area contributed by atoms with Gasteiger partial charge in [0.15, 0.2) is 0 Å². The van der Waals surface area contributed by atoms with Gasteiger partial charge < -0.3 is 5.73 Å². The van der Waals surface area contributed by atoms with E-state index in [0.717, 1.165) is 0 Å². The highest BCUT2D eigenvalue weighted by Gasteiger charge is 2.85. The molecule has 0 aliphatic rings. The van der Waals surface area contributed by atoms with Crippen LogP contribution in [0.1, 0.15) is 0 Å². The Labute approximate surface area is 150 Å². The van der Waals surface area contributed by atoms with E-state index in [1.54, 1.807) is 4.74 Å². The molecule has 0 spiro atoms. The molecular formula is C9H2F17NO3. The average Bonchev–Trinajstić information content (AvgIpc) is 2.41. The van der Waals surface area contributed by atoms with Crippen LogP contribution in [0.25, 0.3) is 0 Å². The van der Waals surface area contributed by atoms with Gasteiger partial charge in [-0.15, -0.1) is 0 Å². The van der Waals surface area contributed by atoms with Crippen molar-refractivity contribution >= 4 is 5.91 Å². The predicted molar refractivity (Wildman–Crippen MR) is 52.0 cm³/mol. The smallest absolute Gasteiger partial charge is 0.364 e. The van der Waals surface area contributed by atoms with Crippen molar-refractivity contribution in [1.29, 1.82) is 0 Å². The monoisotopic (exact) mass is 495 g/mol. The van der Waals surface area contributed by atoms with Gasteiger partial charge >= 0.3 is 48.4 Å². The van der Waals surface area contributed by atoms with Crippen molar-refractivity contribution in [1.82, 2.24) is 0 Å². The molecule has 0 aliphatic heterocycles. The number of halogens is 17. The maximum Gasteiger partial charge on any atom is 0.462 e. The van der Waals surface area contributed by atoms with Crippen molar-refractivity contribution in [2.24, 2.45) is 5.73 Å². The summed E-state index contributed by atoms with van der Waals surface area (Å²) in [6, 6.07) is 0. The molecule has 0 radical (unpaired) electrons. The third-order valence-electron chi connectivity index (χ3n) is 2.68. The standard InChI is InChI=1S/C9H2F17NO3/c10-2(1(27)28,5(14,15)16)29-9(25,26)4(13,7(20,21)22)30-8(23,24)3(11,12)6(17,18)19/h(H2,27,28)/t2-,4-/m0/s1. The zero-order valence-corrected chi connectivity index (χ0v) is 12.7. The molecule has 0 saturated heterocycles. The summed E-state index contributed by atoms with van der Waals surface area (Å²) in [7, 11) is 0. The van der Waals surface area contributed by atoms with E-state index in [9.17, 15) is 79.4 Å². The molecule has 21 heteroatoms. The first-order valence-electron chi connectivity index (χ1n) is 6.02. The van der Waals surface area contributed by atoms with Crippen LogP contribution in [0.5, 0.6) is 0 Å². The second kappa shape index (κ2) is 7.12. The molecular weight excluding hydrogens is 493 g/mol. The zero-order valence-electron chi connectivity index (χ0n) is 12.7. The van der Waals surface area contributed by atoms with Gasteiger partial charge in [0.2, 0.25) is 0 Å². The lowest BCUT2D eigenvalue weighted by Crippen LogP contribution is -2.68. The summed E-state index contributed by atoms with van der Waals surface area (Å²) in [6.07, 6.45) is -38.5. The molecule has 0 aromatic carbocycles. The number of hydrogen-bond acceptors (Lipinski definition) is 3. The van der Waals surface area contributed by atoms with E-state index in [1.165, 1.54) is 4.74 Å². The number of carbonyl (C=O) groups excluding carboxylic acids is 1. The number of hydrogen-bond donors (Lipinski definition) is 1. The van der Waals surface area contributed by atoms with Crippen LogP contribution in [0.2, 0.25) is 0 Å². The third-order valence-corrected chi connectivity index (χ3v) is 2.68. The molecule has 0 heterocycles. The number of ether oxygens (including phenoxy) is 2. The maximum absolute atomic E-state index is 13.6. The van der Waals surface area contributed by atoms with Gasteiger partial charge in [-0.1, -0.05) is 0 Å². The summed E-state index contributed by atoms with van der Waals surface area (Å²) in [6.45, 7) is 0. The largest absolute Gasteiger partial charge is 0.462 e. The van der Waals surface area contributed by atoms with Crippen LogP contribution < -0.4 is 5.73 Å². The van der Waals surface area contributed by atoms with Crippen LogP contribution in [0.4, 0.5) is 74.6 Å². The van der Waals surface area contributed by atoms with E-state index in [4.69, 9.17) is 0 Å². The minimum Gasteiger partial charge on any atom is -0.364 e. The van der Waals surface area contributed by atoms with E-state index in [-0.39, 0.29) is 0 Å². The first-order valence-corrected chi connectivity index (χ1v) is 6.02. The van der Waals surface area contributed by atoms with E-state index in [1.807, 2.05) is 0 Å². The number of primary amides is 1. The number of alkyl halides is 17. The minimum absolute atomic E-state index is 1.23. The van der Waals surface area contributed by atoms with E-state index >= 15 is 0 Å². The van der Waals surface area contributed by atoms with Gasteiger partial charge in [0.05, 0.1) is 0 Å². The molecule has 0 bridgehead atoms. The molecule has 0 fully saturated rings. The molecule has 30 heavy (non-hydrogen) atoms. The summed E-state index contributed by atoms with van der Waals surface area (Å²) in [4.78, 5) is 10.3. The van der Waals surface area contributed by atoms with Crippen LogP contribution in [0.3, 0.4) is 0 Å². The fourth-order valence-corrected chi connectivity index (χ4v) is 1.18. The first kappa shape index (κ1) is 28.2. The van der Waals surface area contributed by atoms with Gasteiger partial charge in [-0.3, -0.25) is 14.3 Å². The van der Waals surface area contributed by atoms with E-state index in [0.29, 0.717) is 0 Å².